The number of ether oxygens (including phenoxy) is 2. The van der Waals surface area contributed by atoms with Gasteiger partial charge < -0.3 is 14.6 Å². The molecule has 0 saturated carbocycles. The van der Waals surface area contributed by atoms with E-state index >= 15 is 0 Å². The number of unbranched alkanes of at least 4 members (excludes halogenated alkanes) is 3. The molecule has 2 unspecified atom stereocenters. The summed E-state index contributed by atoms with van der Waals surface area (Å²) >= 11 is 0. The van der Waals surface area contributed by atoms with Gasteiger partial charge in [0, 0.05) is 13.8 Å². The lowest BCUT2D eigenvalue weighted by Crippen LogP contribution is -2.52. The molecule has 0 rings (SSSR count). The summed E-state index contributed by atoms with van der Waals surface area (Å²) in [5, 5.41) is 9.57. The Bertz CT molecular complexity index is 328. The molecule has 0 aliphatic rings. The van der Waals surface area contributed by atoms with Crippen LogP contribution in [0.25, 0.3) is 0 Å². The fourth-order valence-electron chi connectivity index (χ4n) is 2.03. The molecule has 0 amide bonds. The van der Waals surface area contributed by atoms with Gasteiger partial charge in [0.15, 0.2) is 18.0 Å². The summed E-state index contributed by atoms with van der Waals surface area (Å²) in [6, 6.07) is 0. The van der Waals surface area contributed by atoms with Gasteiger partial charge in [0.05, 0.1) is 6.61 Å². The van der Waals surface area contributed by atoms with Gasteiger partial charge in [-0.05, 0) is 12.8 Å². The maximum atomic E-state index is 11.2. The topological polar surface area (TPSA) is 89.9 Å². The summed E-state index contributed by atoms with van der Waals surface area (Å²) in [7, 11) is 0. The zero-order chi connectivity index (χ0) is 15.6. The van der Waals surface area contributed by atoms with Crippen LogP contribution in [0.5, 0.6) is 0 Å². The standard InChI is InChI=1S/C14H24O6/c1-4-5-6-7-8-14(10-16,20-12(3)18)13(9-15)19-11(2)17/h9,13,16H,4-8,10H2,1-3H3. The van der Waals surface area contributed by atoms with Crippen molar-refractivity contribution < 1.29 is 29.0 Å². The van der Waals surface area contributed by atoms with E-state index in [1.165, 1.54) is 6.92 Å². The molecule has 0 spiro atoms. The van der Waals surface area contributed by atoms with Crippen LogP contribution in [0.1, 0.15) is 52.9 Å². The van der Waals surface area contributed by atoms with Crippen LogP contribution in [0.3, 0.4) is 0 Å². The first-order valence-corrected chi connectivity index (χ1v) is 6.84. The van der Waals surface area contributed by atoms with Gasteiger partial charge in [0.25, 0.3) is 0 Å². The number of hydrogen-bond donors (Lipinski definition) is 1. The van der Waals surface area contributed by atoms with Crippen molar-refractivity contribution in [3.8, 4) is 0 Å². The second-order valence-corrected chi connectivity index (χ2v) is 4.79. The van der Waals surface area contributed by atoms with Crippen molar-refractivity contribution in [2.45, 2.75) is 64.6 Å². The van der Waals surface area contributed by atoms with Crippen LogP contribution in [0.2, 0.25) is 0 Å². The Morgan fingerprint density at radius 3 is 2.25 bits per heavy atom. The molecule has 6 nitrogen and oxygen atoms in total. The van der Waals surface area contributed by atoms with Gasteiger partial charge in [-0.25, -0.2) is 0 Å². The molecular weight excluding hydrogens is 264 g/mol. The van der Waals surface area contributed by atoms with Crippen molar-refractivity contribution in [2.24, 2.45) is 0 Å². The highest BCUT2D eigenvalue weighted by molar-refractivity contribution is 5.72. The van der Waals surface area contributed by atoms with E-state index in [2.05, 4.69) is 6.92 Å². The van der Waals surface area contributed by atoms with Gasteiger partial charge in [-0.15, -0.1) is 0 Å². The molecule has 20 heavy (non-hydrogen) atoms. The number of hydrogen-bond acceptors (Lipinski definition) is 6. The van der Waals surface area contributed by atoms with Crippen LogP contribution in [-0.4, -0.2) is 41.6 Å². The van der Waals surface area contributed by atoms with Crippen molar-refractivity contribution in [3.05, 3.63) is 0 Å². The lowest BCUT2D eigenvalue weighted by Gasteiger charge is -2.35. The van der Waals surface area contributed by atoms with Crippen molar-refractivity contribution in [1.82, 2.24) is 0 Å². The first kappa shape index (κ1) is 18.6. The summed E-state index contributed by atoms with van der Waals surface area (Å²) in [4.78, 5) is 33.4. The lowest BCUT2D eigenvalue weighted by atomic mass is 9.90. The molecule has 2 atom stereocenters. The first-order valence-electron chi connectivity index (χ1n) is 6.84. The molecule has 0 aliphatic carbocycles. The highest BCUT2D eigenvalue weighted by atomic mass is 16.6. The monoisotopic (exact) mass is 288 g/mol. The van der Waals surface area contributed by atoms with E-state index in [-0.39, 0.29) is 6.42 Å². The maximum absolute atomic E-state index is 11.2. The number of carbonyl (C=O) groups is 3. The fraction of sp³-hybridized carbons (Fsp3) is 0.786. The lowest BCUT2D eigenvalue weighted by molar-refractivity contribution is -0.191. The number of rotatable bonds is 10. The third-order valence-electron chi connectivity index (χ3n) is 3.00. The third-order valence-corrected chi connectivity index (χ3v) is 3.00. The maximum Gasteiger partial charge on any atom is 0.303 e. The molecule has 6 heteroatoms. The number of esters is 2. The van der Waals surface area contributed by atoms with Gasteiger partial charge in [-0.1, -0.05) is 26.2 Å². The van der Waals surface area contributed by atoms with Gasteiger partial charge in [0.1, 0.15) is 0 Å². The molecule has 0 radical (unpaired) electrons. The Labute approximate surface area is 119 Å². The van der Waals surface area contributed by atoms with Gasteiger partial charge in [-0.2, -0.15) is 0 Å². The first-order chi connectivity index (χ1) is 9.41. The second-order valence-electron chi connectivity index (χ2n) is 4.79. The minimum absolute atomic E-state index is 0.264. The highest BCUT2D eigenvalue weighted by Gasteiger charge is 2.43. The van der Waals surface area contributed by atoms with Crippen LogP contribution in [0.4, 0.5) is 0 Å². The molecule has 0 aromatic heterocycles. The normalized spacial score (nSPS) is 15.0. The molecule has 0 aromatic rings. The van der Waals surface area contributed by atoms with Crippen LogP contribution in [-0.2, 0) is 23.9 Å². The summed E-state index contributed by atoms with van der Waals surface area (Å²) in [5.41, 5.74) is -1.49. The van der Waals surface area contributed by atoms with Crippen LogP contribution in [0, 0.1) is 0 Å². The Balaban J connectivity index is 5.01. The van der Waals surface area contributed by atoms with E-state index in [0.717, 1.165) is 26.2 Å². The summed E-state index contributed by atoms with van der Waals surface area (Å²) in [5.74, 6) is -1.30. The minimum Gasteiger partial charge on any atom is -0.452 e. The van der Waals surface area contributed by atoms with Crippen molar-refractivity contribution >= 4 is 18.2 Å². The predicted molar refractivity (Wildman–Crippen MR) is 72.0 cm³/mol. The fourth-order valence-corrected chi connectivity index (χ4v) is 2.03. The molecule has 0 aromatic carbocycles. The third kappa shape index (κ3) is 6.14. The van der Waals surface area contributed by atoms with E-state index < -0.39 is 30.3 Å². The van der Waals surface area contributed by atoms with Crippen LogP contribution < -0.4 is 0 Å². The van der Waals surface area contributed by atoms with Crippen molar-refractivity contribution in [1.29, 1.82) is 0 Å². The highest BCUT2D eigenvalue weighted by Crippen LogP contribution is 2.26. The molecule has 0 fully saturated rings. The number of aliphatic hydroxyl groups excluding tert-OH is 1. The van der Waals surface area contributed by atoms with Crippen molar-refractivity contribution in [3.63, 3.8) is 0 Å². The van der Waals surface area contributed by atoms with Crippen LogP contribution >= 0.6 is 0 Å². The zero-order valence-corrected chi connectivity index (χ0v) is 12.4. The Kier molecular flexibility index (Phi) is 8.79. The van der Waals surface area contributed by atoms with Crippen LogP contribution in [0.15, 0.2) is 0 Å². The number of aliphatic hydroxyl groups is 1. The van der Waals surface area contributed by atoms with E-state index in [1.807, 2.05) is 0 Å². The SMILES string of the molecule is CCCCCCC(CO)(OC(C)=O)C(C=O)OC(C)=O. The Morgan fingerprint density at radius 2 is 1.85 bits per heavy atom. The zero-order valence-electron chi connectivity index (χ0n) is 12.4. The van der Waals surface area contributed by atoms with E-state index in [1.54, 1.807) is 0 Å². The van der Waals surface area contributed by atoms with Crippen molar-refractivity contribution in [2.75, 3.05) is 6.61 Å². The molecule has 0 heterocycles. The minimum atomic E-state index is -1.49. The molecule has 116 valence electrons. The molecule has 0 saturated heterocycles. The van der Waals surface area contributed by atoms with E-state index in [9.17, 15) is 19.5 Å². The summed E-state index contributed by atoms with van der Waals surface area (Å²) < 4.78 is 9.99. The second kappa shape index (κ2) is 9.47. The smallest absolute Gasteiger partial charge is 0.303 e. The Morgan fingerprint density at radius 1 is 1.20 bits per heavy atom. The van der Waals surface area contributed by atoms with E-state index in [4.69, 9.17) is 9.47 Å². The van der Waals surface area contributed by atoms with Gasteiger partial charge in [0.2, 0.25) is 0 Å². The van der Waals surface area contributed by atoms with Gasteiger partial charge >= 0.3 is 11.9 Å². The summed E-state index contributed by atoms with van der Waals surface area (Å²) in [6.07, 6.45) is 2.93. The molecule has 1 N–H and O–H groups in total. The molecule has 0 bridgehead atoms. The largest absolute Gasteiger partial charge is 0.452 e. The number of carbonyl (C=O) groups excluding carboxylic acids is 3. The summed E-state index contributed by atoms with van der Waals surface area (Å²) in [6.45, 7) is 3.82. The van der Waals surface area contributed by atoms with E-state index in [0.29, 0.717) is 12.7 Å². The average molecular weight is 288 g/mol. The Hall–Kier alpha value is -1.43. The molecular formula is C14H24O6. The average Bonchev–Trinajstić information content (AvgIpc) is 2.39. The number of aldehydes is 1. The predicted octanol–water partition coefficient (Wildman–Crippen LogP) is 1.38. The quantitative estimate of drug-likeness (QED) is 0.371. The van der Waals surface area contributed by atoms with Gasteiger partial charge in [-0.3, -0.25) is 14.4 Å². The molecule has 0 aliphatic heterocycles.